The fourth-order valence-corrected chi connectivity index (χ4v) is 4.65. The summed E-state index contributed by atoms with van der Waals surface area (Å²) in [4.78, 5) is 11.1. The van der Waals surface area contributed by atoms with E-state index < -0.39 is 5.82 Å². The summed E-state index contributed by atoms with van der Waals surface area (Å²) < 4.78 is 37.6. The van der Waals surface area contributed by atoms with E-state index in [9.17, 15) is 4.39 Å². The minimum Gasteiger partial charge on any atom is -0.491 e. The zero-order chi connectivity index (χ0) is 26.3. The maximum Gasteiger partial charge on any atom is 0.296 e. The minimum absolute atomic E-state index is 0.241. The van der Waals surface area contributed by atoms with Crippen LogP contribution in [-0.2, 0) is 13.2 Å². The molecule has 0 saturated carbocycles. The van der Waals surface area contributed by atoms with E-state index in [1.807, 2.05) is 44.2 Å². The van der Waals surface area contributed by atoms with Gasteiger partial charge in [-0.3, -0.25) is 9.88 Å². The lowest BCUT2D eigenvalue weighted by Crippen LogP contribution is -2.38. The van der Waals surface area contributed by atoms with E-state index in [-0.39, 0.29) is 17.5 Å². The van der Waals surface area contributed by atoms with E-state index in [2.05, 4.69) is 20.2 Å². The maximum absolute atomic E-state index is 14.6. The van der Waals surface area contributed by atoms with E-state index in [1.165, 1.54) is 0 Å². The Hall–Kier alpha value is -3.85. The molecule has 200 valence electrons. The first kappa shape index (κ1) is 25.8. The van der Waals surface area contributed by atoms with Crippen LogP contribution in [0.3, 0.4) is 0 Å². The molecular weight excluding hydrogens is 487 g/mol. The van der Waals surface area contributed by atoms with Crippen LogP contribution in [0.2, 0.25) is 0 Å². The van der Waals surface area contributed by atoms with Crippen molar-refractivity contribution < 1.29 is 23.0 Å². The number of fused-ring (bicyclic) bond motifs is 1. The van der Waals surface area contributed by atoms with Crippen molar-refractivity contribution in [1.82, 2.24) is 14.9 Å². The summed E-state index contributed by atoms with van der Waals surface area (Å²) in [6.45, 7) is 7.41. The van der Waals surface area contributed by atoms with Crippen molar-refractivity contribution in [2.75, 3.05) is 31.6 Å². The highest BCUT2D eigenvalue weighted by Crippen LogP contribution is 2.31. The van der Waals surface area contributed by atoms with Crippen molar-refractivity contribution in [3.8, 4) is 17.2 Å². The number of oxazole rings is 1. The molecule has 1 fully saturated rings. The van der Waals surface area contributed by atoms with Crippen LogP contribution in [0.5, 0.6) is 17.2 Å². The van der Waals surface area contributed by atoms with E-state index in [4.69, 9.17) is 18.6 Å². The Labute approximate surface area is 221 Å². The quantitative estimate of drug-likeness (QED) is 0.265. The minimum atomic E-state index is -0.440. The van der Waals surface area contributed by atoms with Gasteiger partial charge in [-0.05, 0) is 74.2 Å². The SMILES string of the molecule is CCOc1cc(CN2CCC(Nc3nc4c(OCc5ccncc5)cccc4o3)CC2)cc(OCC)c1F. The average molecular weight is 521 g/mol. The van der Waals surface area contributed by atoms with E-state index >= 15 is 0 Å². The lowest BCUT2D eigenvalue weighted by molar-refractivity contribution is 0.209. The second-order valence-corrected chi connectivity index (χ2v) is 9.23. The number of rotatable bonds is 11. The Morgan fingerprint density at radius 1 is 0.947 bits per heavy atom. The Kier molecular flexibility index (Phi) is 8.23. The molecule has 0 radical (unpaired) electrons. The third-order valence-corrected chi connectivity index (χ3v) is 6.51. The van der Waals surface area contributed by atoms with Crippen LogP contribution in [0.25, 0.3) is 11.1 Å². The summed E-state index contributed by atoms with van der Waals surface area (Å²) in [6, 6.07) is 13.8. The normalized spacial score (nSPS) is 14.5. The first-order chi connectivity index (χ1) is 18.6. The number of ether oxygens (including phenoxy) is 3. The number of benzene rings is 2. The monoisotopic (exact) mass is 520 g/mol. The lowest BCUT2D eigenvalue weighted by Gasteiger charge is -2.32. The Bertz CT molecular complexity index is 1310. The molecule has 3 heterocycles. The number of para-hydroxylation sites is 1. The van der Waals surface area contributed by atoms with Gasteiger partial charge in [0.15, 0.2) is 22.6 Å². The number of nitrogens with one attached hydrogen (secondary N) is 1. The van der Waals surface area contributed by atoms with E-state index in [0.29, 0.717) is 49.2 Å². The highest BCUT2D eigenvalue weighted by atomic mass is 19.1. The van der Waals surface area contributed by atoms with Gasteiger partial charge >= 0.3 is 0 Å². The van der Waals surface area contributed by atoms with E-state index in [1.54, 1.807) is 24.5 Å². The van der Waals surface area contributed by atoms with Crippen molar-refractivity contribution >= 4 is 17.1 Å². The smallest absolute Gasteiger partial charge is 0.296 e. The highest BCUT2D eigenvalue weighted by Gasteiger charge is 2.22. The molecule has 0 amide bonds. The Morgan fingerprint density at radius 2 is 1.66 bits per heavy atom. The number of piperidine rings is 1. The first-order valence-electron chi connectivity index (χ1n) is 13.1. The third kappa shape index (κ3) is 6.16. The van der Waals surface area contributed by atoms with Gasteiger partial charge in [0.1, 0.15) is 12.4 Å². The van der Waals surface area contributed by atoms with Crippen LogP contribution < -0.4 is 19.5 Å². The van der Waals surface area contributed by atoms with Gasteiger partial charge in [-0.1, -0.05) is 6.07 Å². The molecular formula is C29H33FN4O4. The van der Waals surface area contributed by atoms with Gasteiger partial charge in [0.05, 0.1) is 13.2 Å². The Balaban J connectivity index is 1.18. The zero-order valence-corrected chi connectivity index (χ0v) is 21.8. The standard InChI is InChI=1S/C29H33FN4O4/c1-3-35-25-16-21(17-26(27(25)30)36-4-2)18-34-14-10-22(11-15-34)32-29-33-28-23(6-5-7-24(28)38-29)37-19-20-8-12-31-13-9-20/h5-9,12-13,16-17,22H,3-4,10-11,14-15,18-19H2,1-2H3,(H,32,33). The van der Waals surface area contributed by atoms with Crippen molar-refractivity contribution in [3.05, 3.63) is 71.8 Å². The summed E-state index contributed by atoms with van der Waals surface area (Å²) in [5.74, 6) is 0.725. The van der Waals surface area contributed by atoms with Crippen molar-refractivity contribution in [2.45, 2.75) is 45.9 Å². The summed E-state index contributed by atoms with van der Waals surface area (Å²) in [6.07, 6.45) is 5.36. The zero-order valence-electron chi connectivity index (χ0n) is 21.8. The lowest BCUT2D eigenvalue weighted by atomic mass is 10.0. The molecule has 1 aliphatic rings. The molecule has 2 aromatic carbocycles. The number of halogens is 1. The second kappa shape index (κ2) is 12.1. The van der Waals surface area contributed by atoms with E-state index in [0.717, 1.165) is 37.1 Å². The molecule has 1 N–H and O–H groups in total. The van der Waals surface area contributed by atoms with Gasteiger partial charge in [-0.2, -0.15) is 9.37 Å². The van der Waals surface area contributed by atoms with Gasteiger partial charge in [0.25, 0.3) is 6.01 Å². The topological polar surface area (TPSA) is 81.9 Å². The molecule has 0 unspecified atom stereocenters. The predicted octanol–water partition coefficient (Wildman–Crippen LogP) is 5.81. The number of nitrogens with zero attached hydrogens (tertiary/aromatic N) is 3. The van der Waals surface area contributed by atoms with Gasteiger partial charge in [0, 0.05) is 38.1 Å². The number of anilines is 1. The molecule has 4 aromatic rings. The van der Waals surface area contributed by atoms with Crippen molar-refractivity contribution in [3.63, 3.8) is 0 Å². The average Bonchev–Trinajstić information content (AvgIpc) is 3.35. The molecule has 8 nitrogen and oxygen atoms in total. The summed E-state index contributed by atoms with van der Waals surface area (Å²) in [7, 11) is 0. The second-order valence-electron chi connectivity index (χ2n) is 9.23. The van der Waals surface area contributed by atoms with Crippen LogP contribution in [0.15, 0.2) is 59.3 Å². The summed E-state index contributed by atoms with van der Waals surface area (Å²) in [5, 5.41) is 3.46. The molecule has 0 spiro atoms. The molecule has 0 bridgehead atoms. The number of likely N-dealkylation sites (tertiary alicyclic amines) is 1. The molecule has 0 atom stereocenters. The van der Waals surface area contributed by atoms with Crippen LogP contribution in [0.4, 0.5) is 10.4 Å². The van der Waals surface area contributed by atoms with Gasteiger partial charge in [-0.25, -0.2) is 0 Å². The fourth-order valence-electron chi connectivity index (χ4n) is 4.65. The number of hydrogen-bond donors (Lipinski definition) is 1. The maximum atomic E-state index is 14.6. The molecule has 5 rings (SSSR count). The molecule has 9 heteroatoms. The molecule has 1 saturated heterocycles. The van der Waals surface area contributed by atoms with Crippen molar-refractivity contribution in [1.29, 1.82) is 0 Å². The van der Waals surface area contributed by atoms with Crippen LogP contribution >= 0.6 is 0 Å². The first-order valence-corrected chi connectivity index (χ1v) is 13.1. The largest absolute Gasteiger partial charge is 0.491 e. The molecule has 38 heavy (non-hydrogen) atoms. The highest BCUT2D eigenvalue weighted by molar-refractivity contribution is 5.81. The van der Waals surface area contributed by atoms with Gasteiger partial charge in [0.2, 0.25) is 5.82 Å². The number of pyridine rings is 1. The summed E-state index contributed by atoms with van der Waals surface area (Å²) >= 11 is 0. The van der Waals surface area contributed by atoms with Crippen LogP contribution in [0, 0.1) is 5.82 Å². The van der Waals surface area contributed by atoms with Crippen LogP contribution in [0.1, 0.15) is 37.8 Å². The Morgan fingerprint density at radius 3 is 2.34 bits per heavy atom. The third-order valence-electron chi connectivity index (χ3n) is 6.51. The van der Waals surface area contributed by atoms with Crippen molar-refractivity contribution in [2.24, 2.45) is 0 Å². The fraction of sp³-hybridized carbons (Fsp3) is 0.379. The summed E-state index contributed by atoms with van der Waals surface area (Å²) in [5.41, 5.74) is 3.40. The number of aromatic nitrogens is 2. The molecule has 1 aliphatic heterocycles. The molecule has 0 aliphatic carbocycles. The van der Waals surface area contributed by atoms with Gasteiger partial charge < -0.3 is 23.9 Å². The number of hydrogen-bond acceptors (Lipinski definition) is 8. The predicted molar refractivity (Wildman–Crippen MR) is 143 cm³/mol. The molecule has 2 aromatic heterocycles. The van der Waals surface area contributed by atoms with Crippen LogP contribution in [-0.4, -0.2) is 47.2 Å². The van der Waals surface area contributed by atoms with Gasteiger partial charge in [-0.15, -0.1) is 0 Å².